The number of pyridine rings is 1. The number of aliphatic hydroxyl groups is 1. The molecule has 0 aliphatic heterocycles. The van der Waals surface area contributed by atoms with Crippen molar-refractivity contribution in [2.45, 2.75) is 17.0 Å². The number of nitrogens with zero attached hydrogens (tertiary/aromatic N) is 1. The first-order chi connectivity index (χ1) is 9.64. The Morgan fingerprint density at radius 3 is 2.55 bits per heavy atom. The summed E-state index contributed by atoms with van der Waals surface area (Å²) in [5.41, 5.74) is 6.55. The van der Waals surface area contributed by atoms with Gasteiger partial charge in [0, 0.05) is 11.9 Å². The van der Waals surface area contributed by atoms with Crippen LogP contribution in [0.1, 0.15) is 12.0 Å². The molecular formula is C15H17ClN2OS. The van der Waals surface area contributed by atoms with Crippen LogP contribution in [0.5, 0.6) is 0 Å². The van der Waals surface area contributed by atoms with E-state index in [0.717, 1.165) is 16.3 Å². The standard InChI is InChI=1S/C15H17ClN2OS/c16-13-6-7-14(18-10-13)20-9-8-15(17,11-19)12-4-2-1-3-5-12/h1-7,10,19H,8-9,11,17H2. The zero-order valence-corrected chi connectivity index (χ0v) is 12.6. The Morgan fingerprint density at radius 1 is 1.20 bits per heavy atom. The highest BCUT2D eigenvalue weighted by molar-refractivity contribution is 7.99. The number of hydrogen-bond donors (Lipinski definition) is 2. The van der Waals surface area contributed by atoms with Crippen LogP contribution in [0.25, 0.3) is 0 Å². The quantitative estimate of drug-likeness (QED) is 0.805. The van der Waals surface area contributed by atoms with Crippen LogP contribution < -0.4 is 5.73 Å². The van der Waals surface area contributed by atoms with Crippen LogP contribution in [0.2, 0.25) is 5.02 Å². The number of hydrogen-bond acceptors (Lipinski definition) is 4. The van der Waals surface area contributed by atoms with E-state index in [4.69, 9.17) is 17.3 Å². The number of halogens is 1. The average Bonchev–Trinajstić information content (AvgIpc) is 2.50. The molecular weight excluding hydrogens is 292 g/mol. The van der Waals surface area contributed by atoms with E-state index in [9.17, 15) is 5.11 Å². The molecule has 0 radical (unpaired) electrons. The molecule has 0 saturated heterocycles. The van der Waals surface area contributed by atoms with E-state index in [1.54, 1.807) is 18.0 Å². The van der Waals surface area contributed by atoms with Gasteiger partial charge in [-0.25, -0.2) is 4.98 Å². The van der Waals surface area contributed by atoms with Gasteiger partial charge in [0.15, 0.2) is 0 Å². The first kappa shape index (κ1) is 15.3. The predicted octanol–water partition coefficient (Wildman–Crippen LogP) is 3.06. The maximum Gasteiger partial charge on any atom is 0.0960 e. The summed E-state index contributed by atoms with van der Waals surface area (Å²) >= 11 is 7.40. The van der Waals surface area contributed by atoms with E-state index in [1.165, 1.54) is 0 Å². The summed E-state index contributed by atoms with van der Waals surface area (Å²) < 4.78 is 0. The van der Waals surface area contributed by atoms with E-state index in [2.05, 4.69) is 4.98 Å². The van der Waals surface area contributed by atoms with Crippen molar-refractivity contribution in [1.29, 1.82) is 0 Å². The molecule has 1 aromatic carbocycles. The van der Waals surface area contributed by atoms with Gasteiger partial charge in [0.2, 0.25) is 0 Å². The third-order valence-corrected chi connectivity index (χ3v) is 4.30. The highest BCUT2D eigenvalue weighted by atomic mass is 35.5. The molecule has 0 fully saturated rings. The van der Waals surface area contributed by atoms with Crippen LogP contribution >= 0.6 is 23.4 Å². The SMILES string of the molecule is NC(CO)(CCSc1ccc(Cl)cn1)c1ccccc1. The van der Waals surface area contributed by atoms with Crippen molar-refractivity contribution in [3.8, 4) is 0 Å². The topological polar surface area (TPSA) is 59.1 Å². The molecule has 2 aromatic rings. The lowest BCUT2D eigenvalue weighted by molar-refractivity contribution is 0.193. The lowest BCUT2D eigenvalue weighted by atomic mass is 9.89. The summed E-state index contributed by atoms with van der Waals surface area (Å²) in [5.74, 6) is 0.778. The van der Waals surface area contributed by atoms with Crippen molar-refractivity contribution in [2.24, 2.45) is 5.73 Å². The van der Waals surface area contributed by atoms with E-state index in [-0.39, 0.29) is 6.61 Å². The maximum absolute atomic E-state index is 9.60. The molecule has 2 rings (SSSR count). The summed E-state index contributed by atoms with van der Waals surface area (Å²) in [5, 5.41) is 11.1. The number of benzene rings is 1. The minimum absolute atomic E-state index is 0.0778. The lowest BCUT2D eigenvalue weighted by Gasteiger charge is -2.27. The minimum atomic E-state index is -0.708. The molecule has 0 aliphatic rings. The smallest absolute Gasteiger partial charge is 0.0960 e. The Labute approximate surface area is 128 Å². The Balaban J connectivity index is 1.96. The molecule has 1 heterocycles. The molecule has 0 amide bonds. The van der Waals surface area contributed by atoms with Crippen LogP contribution in [0.4, 0.5) is 0 Å². The molecule has 0 aliphatic carbocycles. The summed E-state index contributed by atoms with van der Waals surface area (Å²) in [4.78, 5) is 4.22. The molecule has 5 heteroatoms. The van der Waals surface area contributed by atoms with Gasteiger partial charge in [-0.05, 0) is 24.1 Å². The fraction of sp³-hybridized carbons (Fsp3) is 0.267. The van der Waals surface area contributed by atoms with Crippen LogP contribution in [0.3, 0.4) is 0 Å². The van der Waals surface area contributed by atoms with E-state index in [1.807, 2.05) is 42.5 Å². The first-order valence-electron chi connectivity index (χ1n) is 6.34. The molecule has 20 heavy (non-hydrogen) atoms. The molecule has 0 bridgehead atoms. The van der Waals surface area contributed by atoms with Crippen molar-refractivity contribution in [3.05, 3.63) is 59.2 Å². The van der Waals surface area contributed by atoms with Crippen LogP contribution in [0, 0.1) is 0 Å². The van der Waals surface area contributed by atoms with Crippen LogP contribution in [0.15, 0.2) is 53.7 Å². The van der Waals surface area contributed by atoms with Crippen molar-refractivity contribution < 1.29 is 5.11 Å². The molecule has 1 aromatic heterocycles. The predicted molar refractivity (Wildman–Crippen MR) is 84.0 cm³/mol. The normalized spacial score (nSPS) is 13.9. The van der Waals surface area contributed by atoms with Crippen molar-refractivity contribution >= 4 is 23.4 Å². The van der Waals surface area contributed by atoms with Crippen molar-refractivity contribution in [2.75, 3.05) is 12.4 Å². The van der Waals surface area contributed by atoms with Gasteiger partial charge in [-0.15, -0.1) is 11.8 Å². The second-order valence-corrected chi connectivity index (χ2v) is 6.15. The van der Waals surface area contributed by atoms with Crippen LogP contribution in [-0.4, -0.2) is 22.5 Å². The van der Waals surface area contributed by atoms with Gasteiger partial charge in [0.05, 0.1) is 22.2 Å². The van der Waals surface area contributed by atoms with Gasteiger partial charge in [0.25, 0.3) is 0 Å². The van der Waals surface area contributed by atoms with Gasteiger partial charge < -0.3 is 10.8 Å². The largest absolute Gasteiger partial charge is 0.394 e. The summed E-state index contributed by atoms with van der Waals surface area (Å²) in [6.45, 7) is -0.0778. The average molecular weight is 309 g/mol. The number of rotatable bonds is 6. The highest BCUT2D eigenvalue weighted by Gasteiger charge is 2.25. The van der Waals surface area contributed by atoms with Crippen molar-refractivity contribution in [1.82, 2.24) is 4.98 Å². The Hall–Kier alpha value is -1.07. The zero-order chi connectivity index (χ0) is 14.4. The van der Waals surface area contributed by atoms with Gasteiger partial charge in [-0.3, -0.25) is 0 Å². The third-order valence-electron chi connectivity index (χ3n) is 3.13. The summed E-state index contributed by atoms with van der Waals surface area (Å²) in [6.07, 6.45) is 2.30. The van der Waals surface area contributed by atoms with Gasteiger partial charge >= 0.3 is 0 Å². The Bertz CT molecular complexity index is 535. The van der Waals surface area contributed by atoms with Crippen molar-refractivity contribution in [3.63, 3.8) is 0 Å². The molecule has 0 saturated carbocycles. The minimum Gasteiger partial charge on any atom is -0.394 e. The number of nitrogens with two attached hydrogens (primary N) is 1. The molecule has 1 unspecified atom stereocenters. The van der Waals surface area contributed by atoms with Crippen LogP contribution in [-0.2, 0) is 5.54 Å². The molecule has 3 N–H and O–H groups in total. The lowest BCUT2D eigenvalue weighted by Crippen LogP contribution is -2.41. The van der Waals surface area contributed by atoms with E-state index >= 15 is 0 Å². The highest BCUT2D eigenvalue weighted by Crippen LogP contribution is 2.26. The van der Waals surface area contributed by atoms with Gasteiger partial charge in [-0.2, -0.15) is 0 Å². The summed E-state index contributed by atoms with van der Waals surface area (Å²) in [7, 11) is 0. The molecule has 1 atom stereocenters. The molecule has 106 valence electrons. The Morgan fingerprint density at radius 2 is 1.95 bits per heavy atom. The van der Waals surface area contributed by atoms with Gasteiger partial charge in [0.1, 0.15) is 0 Å². The number of thioether (sulfide) groups is 1. The number of aromatic nitrogens is 1. The summed E-state index contributed by atoms with van der Waals surface area (Å²) in [6, 6.07) is 13.4. The second-order valence-electron chi connectivity index (χ2n) is 4.59. The zero-order valence-electron chi connectivity index (χ0n) is 11.0. The van der Waals surface area contributed by atoms with E-state index < -0.39 is 5.54 Å². The number of aliphatic hydroxyl groups excluding tert-OH is 1. The fourth-order valence-corrected chi connectivity index (χ4v) is 2.95. The maximum atomic E-state index is 9.60. The Kier molecular flexibility index (Phi) is 5.43. The van der Waals surface area contributed by atoms with Gasteiger partial charge in [-0.1, -0.05) is 41.9 Å². The fourth-order valence-electron chi connectivity index (χ4n) is 1.87. The molecule has 3 nitrogen and oxygen atoms in total. The first-order valence-corrected chi connectivity index (χ1v) is 7.70. The second kappa shape index (κ2) is 7.09. The monoisotopic (exact) mass is 308 g/mol. The molecule has 0 spiro atoms. The third kappa shape index (κ3) is 3.96. The van der Waals surface area contributed by atoms with E-state index in [0.29, 0.717) is 11.4 Å².